The minimum atomic E-state index is -0.188. The molecule has 0 fully saturated rings. The van der Waals surface area contributed by atoms with E-state index in [4.69, 9.17) is 0 Å². The molecule has 0 amide bonds. The van der Waals surface area contributed by atoms with Crippen molar-refractivity contribution < 1.29 is 0 Å². The molecule has 0 aromatic rings. The summed E-state index contributed by atoms with van der Waals surface area (Å²) in [5.74, 6) is 0. The van der Waals surface area contributed by atoms with Crippen LogP contribution in [0.15, 0.2) is 0 Å². The molecule has 0 saturated heterocycles. The van der Waals surface area contributed by atoms with Crippen LogP contribution >= 0.6 is 0 Å². The van der Waals surface area contributed by atoms with Crippen molar-refractivity contribution in [2.45, 2.75) is 0 Å². The van der Waals surface area contributed by atoms with E-state index < -0.39 is 0 Å². The molecule has 41 valence electrons. The van der Waals surface area contributed by atoms with Gasteiger partial charge in [-0.1, -0.05) is 0 Å². The van der Waals surface area contributed by atoms with Crippen LogP contribution in [0.5, 0.6) is 0 Å². The Kier molecular flexibility index (Phi) is 3.83. The molecule has 1 radical (unpaired) electrons. The molecular formula is C4H12GaN2. The van der Waals surface area contributed by atoms with Crippen LogP contribution in [0.4, 0.5) is 0 Å². The molecule has 0 spiro atoms. The van der Waals surface area contributed by atoms with Gasteiger partial charge in [0.2, 0.25) is 0 Å². The van der Waals surface area contributed by atoms with Gasteiger partial charge in [-0.25, -0.2) is 0 Å². The number of rotatable bonds is 2. The Morgan fingerprint density at radius 1 is 0.857 bits per heavy atom. The molecule has 0 aliphatic rings. The Hall–Kier alpha value is 0.556. The molecule has 0 aliphatic carbocycles. The number of hydrogen-bond donors (Lipinski definition) is 0. The molecule has 3 heteroatoms. The number of hydrogen-bond acceptors (Lipinski definition) is 2. The van der Waals surface area contributed by atoms with Crippen LogP contribution in [-0.4, -0.2) is 53.3 Å². The Bertz CT molecular complexity index is 39.0. The Labute approximate surface area is 53.8 Å². The molecule has 0 bridgehead atoms. The van der Waals surface area contributed by atoms with Crippen LogP contribution < -0.4 is 0 Å². The molecule has 0 aromatic carbocycles. The van der Waals surface area contributed by atoms with Crippen molar-refractivity contribution in [3.8, 4) is 0 Å². The third-order valence-corrected chi connectivity index (χ3v) is 2.40. The van der Waals surface area contributed by atoms with Crippen LogP contribution in [0.25, 0.3) is 0 Å². The van der Waals surface area contributed by atoms with Crippen LogP contribution in [-0.2, 0) is 0 Å². The Balaban J connectivity index is 2.95. The molecular weight excluding hydrogens is 146 g/mol. The topological polar surface area (TPSA) is 6.48 Å². The molecule has 0 rings (SSSR count). The first-order valence-corrected chi connectivity index (χ1v) is 4.47. The van der Waals surface area contributed by atoms with Crippen LogP contribution in [0, 0.1) is 0 Å². The Morgan fingerprint density at radius 3 is 1.14 bits per heavy atom. The van der Waals surface area contributed by atoms with E-state index in [9.17, 15) is 0 Å². The fourth-order valence-electron chi connectivity index (χ4n) is 0.462. The molecule has 0 N–H and O–H groups in total. The van der Waals surface area contributed by atoms with Gasteiger partial charge in [-0.05, 0) is 0 Å². The van der Waals surface area contributed by atoms with Crippen molar-refractivity contribution in [2.75, 3.05) is 28.2 Å². The second kappa shape index (κ2) is 3.55. The summed E-state index contributed by atoms with van der Waals surface area (Å²) in [5.41, 5.74) is 0. The summed E-state index contributed by atoms with van der Waals surface area (Å²) < 4.78 is 4.56. The van der Waals surface area contributed by atoms with Gasteiger partial charge in [0.15, 0.2) is 0 Å². The summed E-state index contributed by atoms with van der Waals surface area (Å²) in [5, 5.41) is 0. The summed E-state index contributed by atoms with van der Waals surface area (Å²) >= 11 is -0.188. The molecule has 0 aliphatic heterocycles. The van der Waals surface area contributed by atoms with Gasteiger partial charge in [0, 0.05) is 0 Å². The third-order valence-electron chi connectivity index (χ3n) is 0.462. The summed E-state index contributed by atoms with van der Waals surface area (Å²) in [7, 11) is 8.50. The molecule has 0 aromatic heterocycles. The van der Waals surface area contributed by atoms with E-state index in [0.717, 1.165) is 0 Å². The van der Waals surface area contributed by atoms with Crippen LogP contribution in [0.1, 0.15) is 0 Å². The van der Waals surface area contributed by atoms with E-state index in [1.807, 2.05) is 0 Å². The predicted octanol–water partition coefficient (Wildman–Crippen LogP) is -0.356. The van der Waals surface area contributed by atoms with E-state index in [0.29, 0.717) is 0 Å². The first-order valence-electron chi connectivity index (χ1n) is 2.31. The molecule has 2 nitrogen and oxygen atoms in total. The molecule has 7 heavy (non-hydrogen) atoms. The SMILES string of the molecule is C[N](C)[Ga][N](C)C. The summed E-state index contributed by atoms with van der Waals surface area (Å²) in [6, 6.07) is 0. The van der Waals surface area contributed by atoms with Gasteiger partial charge in [0.05, 0.1) is 0 Å². The first kappa shape index (κ1) is 7.56. The van der Waals surface area contributed by atoms with Gasteiger partial charge in [-0.3, -0.25) is 0 Å². The van der Waals surface area contributed by atoms with E-state index >= 15 is 0 Å². The van der Waals surface area contributed by atoms with E-state index in [2.05, 4.69) is 35.4 Å². The van der Waals surface area contributed by atoms with Gasteiger partial charge in [-0.15, -0.1) is 0 Å². The van der Waals surface area contributed by atoms with E-state index in [-0.39, 0.29) is 17.9 Å². The standard InChI is InChI=1S/2C2H6N.Ga/c2*1-3-2;/h2*1-2H3;/q2*-1;+2. The van der Waals surface area contributed by atoms with Gasteiger partial charge in [-0.2, -0.15) is 0 Å². The average Bonchev–Trinajstić information content (AvgIpc) is 1.27. The molecule has 0 heterocycles. The van der Waals surface area contributed by atoms with E-state index in [1.165, 1.54) is 0 Å². The average molecular weight is 158 g/mol. The maximum absolute atomic E-state index is 2.28. The minimum absolute atomic E-state index is 0.188. The molecule has 0 unspecified atom stereocenters. The second-order valence-electron chi connectivity index (χ2n) is 2.04. The fraction of sp³-hybridized carbons (Fsp3) is 1.00. The van der Waals surface area contributed by atoms with Crippen molar-refractivity contribution in [3.05, 3.63) is 0 Å². The van der Waals surface area contributed by atoms with Crippen molar-refractivity contribution in [2.24, 2.45) is 0 Å². The zero-order chi connectivity index (χ0) is 5.86. The second-order valence-corrected chi connectivity index (χ2v) is 6.86. The van der Waals surface area contributed by atoms with Crippen LogP contribution in [0.3, 0.4) is 0 Å². The van der Waals surface area contributed by atoms with Gasteiger partial charge in [0.1, 0.15) is 0 Å². The van der Waals surface area contributed by atoms with Crippen molar-refractivity contribution in [1.82, 2.24) is 7.21 Å². The third kappa shape index (κ3) is 6.56. The van der Waals surface area contributed by atoms with Gasteiger partial charge >= 0.3 is 53.3 Å². The predicted molar refractivity (Wildman–Crippen MR) is 33.1 cm³/mol. The van der Waals surface area contributed by atoms with Crippen molar-refractivity contribution in [1.29, 1.82) is 0 Å². The molecule has 0 atom stereocenters. The van der Waals surface area contributed by atoms with Crippen molar-refractivity contribution >= 4 is 17.9 Å². The normalized spacial score (nSPS) is 10.6. The summed E-state index contributed by atoms with van der Waals surface area (Å²) in [6.45, 7) is 0. The summed E-state index contributed by atoms with van der Waals surface area (Å²) in [4.78, 5) is 0. The van der Waals surface area contributed by atoms with Gasteiger partial charge in [0.25, 0.3) is 0 Å². The van der Waals surface area contributed by atoms with Crippen molar-refractivity contribution in [3.63, 3.8) is 0 Å². The quantitative estimate of drug-likeness (QED) is 0.506. The van der Waals surface area contributed by atoms with Crippen LogP contribution in [0.2, 0.25) is 0 Å². The zero-order valence-corrected chi connectivity index (χ0v) is 7.89. The monoisotopic (exact) mass is 157 g/mol. The first-order chi connectivity index (χ1) is 3.13. The summed E-state index contributed by atoms with van der Waals surface area (Å²) in [6.07, 6.45) is 0. The van der Waals surface area contributed by atoms with E-state index in [1.54, 1.807) is 0 Å². The number of nitrogens with zero attached hydrogens (tertiary/aromatic N) is 2. The maximum atomic E-state index is 2.28. The zero-order valence-electron chi connectivity index (χ0n) is 5.47. The Morgan fingerprint density at radius 2 is 1.14 bits per heavy atom. The van der Waals surface area contributed by atoms with Gasteiger partial charge < -0.3 is 0 Å². The fourth-order valence-corrected chi connectivity index (χ4v) is 2.40. The molecule has 0 saturated carbocycles.